The maximum Gasteiger partial charge on any atom is 0.123 e. The fourth-order valence-electron chi connectivity index (χ4n) is 2.30. The molecule has 88 valence electrons. The van der Waals surface area contributed by atoms with E-state index in [0.29, 0.717) is 6.04 Å². The lowest BCUT2D eigenvalue weighted by Crippen LogP contribution is -2.33. The van der Waals surface area contributed by atoms with Crippen LogP contribution in [0.2, 0.25) is 0 Å². The maximum atomic E-state index is 13.1. The van der Waals surface area contributed by atoms with E-state index < -0.39 is 0 Å². The van der Waals surface area contributed by atoms with Gasteiger partial charge in [-0.25, -0.2) is 4.39 Å². The van der Waals surface area contributed by atoms with Crippen LogP contribution in [-0.4, -0.2) is 31.1 Å². The van der Waals surface area contributed by atoms with E-state index in [4.69, 9.17) is 0 Å². The van der Waals surface area contributed by atoms with Crippen LogP contribution < -0.4 is 5.32 Å². The summed E-state index contributed by atoms with van der Waals surface area (Å²) < 4.78 is 13.1. The smallest absolute Gasteiger partial charge is 0.123 e. The Hall–Kier alpha value is -0.930. The van der Waals surface area contributed by atoms with Gasteiger partial charge >= 0.3 is 0 Å². The van der Waals surface area contributed by atoms with Gasteiger partial charge in [-0.15, -0.1) is 0 Å². The van der Waals surface area contributed by atoms with Crippen molar-refractivity contribution in [3.8, 4) is 0 Å². The van der Waals surface area contributed by atoms with E-state index in [0.717, 1.165) is 18.7 Å². The molecule has 1 aromatic rings. The Kier molecular flexibility index (Phi) is 3.56. The van der Waals surface area contributed by atoms with Crippen LogP contribution in [0.4, 0.5) is 4.39 Å². The standard InChI is InChI=1S/C13H19FN2/c1-10(11-4-3-5-12(14)8-11)15-13-6-7-16(2)9-13/h3-5,8,10,13,15H,6-7,9H2,1-2H3. The molecule has 2 rings (SSSR count). The molecule has 1 aliphatic rings. The highest BCUT2D eigenvalue weighted by Gasteiger charge is 2.21. The lowest BCUT2D eigenvalue weighted by atomic mass is 10.1. The van der Waals surface area contributed by atoms with E-state index in [1.807, 2.05) is 6.07 Å². The second-order valence-corrected chi connectivity index (χ2v) is 4.69. The summed E-state index contributed by atoms with van der Waals surface area (Å²) in [6.45, 7) is 4.32. The van der Waals surface area contributed by atoms with Gasteiger partial charge in [-0.2, -0.15) is 0 Å². The number of benzene rings is 1. The number of halogens is 1. The Morgan fingerprint density at radius 3 is 2.94 bits per heavy atom. The molecule has 0 aromatic heterocycles. The predicted octanol–water partition coefficient (Wildman–Crippen LogP) is 2.18. The van der Waals surface area contributed by atoms with Crippen molar-refractivity contribution < 1.29 is 4.39 Å². The number of likely N-dealkylation sites (tertiary alicyclic amines) is 1. The normalized spacial score (nSPS) is 23.6. The van der Waals surface area contributed by atoms with Crippen molar-refractivity contribution in [3.63, 3.8) is 0 Å². The third kappa shape index (κ3) is 2.80. The van der Waals surface area contributed by atoms with Crippen molar-refractivity contribution in [1.82, 2.24) is 10.2 Å². The third-order valence-electron chi connectivity index (χ3n) is 3.23. The minimum absolute atomic E-state index is 0.158. The zero-order valence-corrected chi connectivity index (χ0v) is 9.91. The van der Waals surface area contributed by atoms with Gasteiger partial charge in [0.1, 0.15) is 5.82 Å². The molecule has 0 spiro atoms. The quantitative estimate of drug-likeness (QED) is 0.843. The summed E-state index contributed by atoms with van der Waals surface area (Å²) in [7, 11) is 2.13. The molecule has 1 saturated heterocycles. The van der Waals surface area contributed by atoms with Gasteiger partial charge in [0, 0.05) is 18.6 Å². The van der Waals surface area contributed by atoms with Gasteiger partial charge in [0.05, 0.1) is 0 Å². The fourth-order valence-corrected chi connectivity index (χ4v) is 2.30. The molecule has 0 bridgehead atoms. The van der Waals surface area contributed by atoms with Crippen LogP contribution in [0.15, 0.2) is 24.3 Å². The fraction of sp³-hybridized carbons (Fsp3) is 0.538. The van der Waals surface area contributed by atoms with Crippen LogP contribution in [0.3, 0.4) is 0 Å². The minimum atomic E-state index is -0.158. The molecule has 2 nitrogen and oxygen atoms in total. The van der Waals surface area contributed by atoms with Crippen LogP contribution in [0, 0.1) is 5.82 Å². The monoisotopic (exact) mass is 222 g/mol. The Morgan fingerprint density at radius 1 is 1.50 bits per heavy atom. The Bertz CT molecular complexity index is 354. The molecule has 0 aliphatic carbocycles. The average molecular weight is 222 g/mol. The highest BCUT2D eigenvalue weighted by molar-refractivity contribution is 5.19. The molecule has 2 atom stereocenters. The molecule has 3 heteroatoms. The lowest BCUT2D eigenvalue weighted by Gasteiger charge is -2.19. The first-order chi connectivity index (χ1) is 7.65. The van der Waals surface area contributed by atoms with Crippen LogP contribution in [0.5, 0.6) is 0 Å². The number of likely N-dealkylation sites (N-methyl/N-ethyl adjacent to an activating group) is 1. The molecule has 1 heterocycles. The van der Waals surface area contributed by atoms with Gasteiger partial charge in [-0.05, 0) is 44.6 Å². The largest absolute Gasteiger partial charge is 0.306 e. The summed E-state index contributed by atoms with van der Waals surface area (Å²) in [6, 6.07) is 7.58. The van der Waals surface area contributed by atoms with Crippen LogP contribution >= 0.6 is 0 Å². The number of nitrogens with one attached hydrogen (secondary N) is 1. The summed E-state index contributed by atoms with van der Waals surface area (Å²) in [6.07, 6.45) is 1.18. The first-order valence-electron chi connectivity index (χ1n) is 5.85. The molecule has 0 radical (unpaired) electrons. The first kappa shape index (κ1) is 11.6. The molecule has 1 aromatic carbocycles. The predicted molar refractivity (Wildman–Crippen MR) is 63.9 cm³/mol. The van der Waals surface area contributed by atoms with Gasteiger partial charge in [0.25, 0.3) is 0 Å². The van der Waals surface area contributed by atoms with Gasteiger partial charge in [0.2, 0.25) is 0 Å². The van der Waals surface area contributed by atoms with E-state index in [-0.39, 0.29) is 11.9 Å². The Morgan fingerprint density at radius 2 is 2.31 bits per heavy atom. The van der Waals surface area contributed by atoms with Crippen molar-refractivity contribution in [3.05, 3.63) is 35.6 Å². The summed E-state index contributed by atoms with van der Waals surface area (Å²) in [4.78, 5) is 2.32. The molecule has 0 saturated carbocycles. The van der Waals surface area contributed by atoms with Crippen LogP contribution in [-0.2, 0) is 0 Å². The molecular weight excluding hydrogens is 203 g/mol. The van der Waals surface area contributed by atoms with Gasteiger partial charge in [-0.1, -0.05) is 12.1 Å². The number of hydrogen-bond donors (Lipinski definition) is 1. The summed E-state index contributed by atoms with van der Waals surface area (Å²) >= 11 is 0. The molecule has 16 heavy (non-hydrogen) atoms. The zero-order valence-electron chi connectivity index (χ0n) is 9.91. The Balaban J connectivity index is 1.95. The average Bonchev–Trinajstić information content (AvgIpc) is 2.64. The highest BCUT2D eigenvalue weighted by Crippen LogP contribution is 2.16. The molecule has 2 unspecified atom stereocenters. The van der Waals surface area contributed by atoms with E-state index in [9.17, 15) is 4.39 Å². The van der Waals surface area contributed by atoms with Crippen LogP contribution in [0.1, 0.15) is 24.9 Å². The minimum Gasteiger partial charge on any atom is -0.306 e. The number of nitrogens with zero attached hydrogens (tertiary/aromatic N) is 1. The second kappa shape index (κ2) is 4.93. The number of rotatable bonds is 3. The molecule has 1 fully saturated rings. The van der Waals surface area contributed by atoms with Crippen LogP contribution in [0.25, 0.3) is 0 Å². The topological polar surface area (TPSA) is 15.3 Å². The molecule has 0 amide bonds. The number of hydrogen-bond acceptors (Lipinski definition) is 2. The summed E-state index contributed by atoms with van der Waals surface area (Å²) in [5.74, 6) is -0.158. The lowest BCUT2D eigenvalue weighted by molar-refractivity contribution is 0.387. The second-order valence-electron chi connectivity index (χ2n) is 4.69. The third-order valence-corrected chi connectivity index (χ3v) is 3.23. The molecule has 1 N–H and O–H groups in total. The van der Waals surface area contributed by atoms with Crippen molar-refractivity contribution in [1.29, 1.82) is 0 Å². The van der Waals surface area contributed by atoms with Crippen molar-refractivity contribution in [2.45, 2.75) is 25.4 Å². The Labute approximate surface area is 96.5 Å². The summed E-state index contributed by atoms with van der Waals surface area (Å²) in [5, 5.41) is 3.54. The zero-order chi connectivity index (χ0) is 11.5. The SMILES string of the molecule is CC(NC1CCN(C)C1)c1cccc(F)c1. The van der Waals surface area contributed by atoms with E-state index in [2.05, 4.69) is 24.2 Å². The maximum absolute atomic E-state index is 13.1. The van der Waals surface area contributed by atoms with Gasteiger partial charge in [0.15, 0.2) is 0 Å². The molecule has 1 aliphatic heterocycles. The van der Waals surface area contributed by atoms with Crippen molar-refractivity contribution in [2.75, 3.05) is 20.1 Å². The van der Waals surface area contributed by atoms with Crippen molar-refractivity contribution >= 4 is 0 Å². The van der Waals surface area contributed by atoms with Gasteiger partial charge < -0.3 is 10.2 Å². The van der Waals surface area contributed by atoms with E-state index in [1.165, 1.54) is 12.5 Å². The first-order valence-corrected chi connectivity index (χ1v) is 5.85. The van der Waals surface area contributed by atoms with E-state index in [1.54, 1.807) is 12.1 Å². The van der Waals surface area contributed by atoms with Gasteiger partial charge in [-0.3, -0.25) is 0 Å². The van der Waals surface area contributed by atoms with Crippen molar-refractivity contribution in [2.24, 2.45) is 0 Å². The van der Waals surface area contributed by atoms with E-state index >= 15 is 0 Å². The summed E-state index contributed by atoms with van der Waals surface area (Å²) in [5.41, 5.74) is 1.02. The highest BCUT2D eigenvalue weighted by atomic mass is 19.1. The molecular formula is C13H19FN2.